The van der Waals surface area contributed by atoms with Crippen LogP contribution in [0.2, 0.25) is 0 Å². The summed E-state index contributed by atoms with van der Waals surface area (Å²) < 4.78 is 1.23. The summed E-state index contributed by atoms with van der Waals surface area (Å²) in [7, 11) is 0. The Bertz CT molecular complexity index is 1930. The molecule has 0 amide bonds. The Morgan fingerprint density at radius 2 is 1.15 bits per heavy atom. The van der Waals surface area contributed by atoms with Crippen molar-refractivity contribution in [3.8, 4) is 21.7 Å². The van der Waals surface area contributed by atoms with Crippen LogP contribution in [0, 0.1) is 0 Å². The van der Waals surface area contributed by atoms with Crippen molar-refractivity contribution < 1.29 is 0 Å². The summed E-state index contributed by atoms with van der Waals surface area (Å²) in [6.45, 7) is 9.49. The molecule has 8 rings (SSSR count). The van der Waals surface area contributed by atoms with Crippen LogP contribution in [0.4, 0.5) is 17.1 Å². The van der Waals surface area contributed by atoms with Crippen LogP contribution in [0.15, 0.2) is 109 Å². The lowest BCUT2D eigenvalue weighted by Gasteiger charge is -2.49. The molecule has 40 heavy (non-hydrogen) atoms. The number of anilines is 3. The zero-order chi connectivity index (χ0) is 27.2. The molecule has 0 radical (unpaired) electrons. The summed E-state index contributed by atoms with van der Waals surface area (Å²) in [4.78, 5) is 7.37. The van der Waals surface area contributed by atoms with Crippen molar-refractivity contribution in [1.29, 1.82) is 0 Å². The minimum absolute atomic E-state index is 0.0586. The van der Waals surface area contributed by atoms with E-state index in [9.17, 15) is 0 Å². The number of benzene rings is 5. The van der Waals surface area contributed by atoms with Crippen LogP contribution in [0.25, 0.3) is 31.9 Å². The summed E-state index contributed by atoms with van der Waals surface area (Å²) in [6.07, 6.45) is 0. The van der Waals surface area contributed by atoms with Gasteiger partial charge in [-0.2, -0.15) is 0 Å². The number of nitrogens with zero attached hydrogens (tertiary/aromatic N) is 2. The van der Waals surface area contributed by atoms with E-state index in [0.29, 0.717) is 0 Å². The zero-order valence-corrected chi connectivity index (χ0v) is 24.0. The Morgan fingerprint density at radius 1 is 0.550 bits per heavy atom. The van der Waals surface area contributed by atoms with Crippen molar-refractivity contribution in [1.82, 2.24) is 4.98 Å². The summed E-state index contributed by atoms with van der Waals surface area (Å²) in [5.74, 6) is 0. The Hall–Kier alpha value is -4.21. The molecule has 3 heteroatoms. The molecule has 0 saturated carbocycles. The molecule has 5 aromatic carbocycles. The molecule has 2 nitrogen and oxygen atoms in total. The average Bonchev–Trinajstić information content (AvgIpc) is 3.41. The molecule has 0 unspecified atom stereocenters. The highest BCUT2D eigenvalue weighted by atomic mass is 32.1. The first-order valence-electron chi connectivity index (χ1n) is 14.0. The van der Waals surface area contributed by atoms with Crippen molar-refractivity contribution in [2.24, 2.45) is 0 Å². The van der Waals surface area contributed by atoms with Crippen LogP contribution >= 0.6 is 11.3 Å². The van der Waals surface area contributed by atoms with Crippen LogP contribution < -0.4 is 4.90 Å². The van der Waals surface area contributed by atoms with Gasteiger partial charge in [-0.1, -0.05) is 107 Å². The lowest BCUT2D eigenvalue weighted by molar-refractivity contribution is 0.597. The number of thiazole rings is 1. The molecule has 2 aliphatic heterocycles. The Labute approximate surface area is 239 Å². The molecule has 1 aromatic heterocycles. The maximum atomic E-state index is 4.86. The third kappa shape index (κ3) is 3.19. The maximum absolute atomic E-state index is 4.86. The second kappa shape index (κ2) is 8.16. The highest BCUT2D eigenvalue weighted by Crippen LogP contribution is 2.60. The third-order valence-electron chi connectivity index (χ3n) is 9.09. The molecule has 0 aliphatic carbocycles. The van der Waals surface area contributed by atoms with E-state index in [1.165, 1.54) is 55.1 Å². The van der Waals surface area contributed by atoms with Gasteiger partial charge in [0.1, 0.15) is 5.01 Å². The van der Waals surface area contributed by atoms with Crippen molar-refractivity contribution in [2.75, 3.05) is 4.90 Å². The van der Waals surface area contributed by atoms with Crippen LogP contribution in [-0.2, 0) is 10.8 Å². The quantitative estimate of drug-likeness (QED) is 0.220. The molecule has 2 aliphatic rings. The highest BCUT2D eigenvalue weighted by Gasteiger charge is 2.45. The first kappa shape index (κ1) is 23.7. The van der Waals surface area contributed by atoms with Gasteiger partial charge in [0, 0.05) is 16.4 Å². The minimum Gasteiger partial charge on any atom is -0.309 e. The number of rotatable bonds is 2. The van der Waals surface area contributed by atoms with Crippen molar-refractivity contribution >= 4 is 38.6 Å². The van der Waals surface area contributed by atoms with Crippen LogP contribution in [0.5, 0.6) is 0 Å². The van der Waals surface area contributed by atoms with Gasteiger partial charge in [0.2, 0.25) is 0 Å². The maximum Gasteiger partial charge on any atom is 0.124 e. The van der Waals surface area contributed by atoms with Gasteiger partial charge < -0.3 is 4.90 Å². The fraction of sp³-hybridized carbons (Fsp3) is 0.162. The number of para-hydroxylation sites is 3. The van der Waals surface area contributed by atoms with Gasteiger partial charge in [-0.05, 0) is 63.7 Å². The molecule has 6 aromatic rings. The fourth-order valence-electron chi connectivity index (χ4n) is 6.86. The first-order chi connectivity index (χ1) is 19.3. The van der Waals surface area contributed by atoms with E-state index in [2.05, 4.69) is 142 Å². The van der Waals surface area contributed by atoms with E-state index in [1.807, 2.05) is 0 Å². The number of hydrogen-bond donors (Lipinski definition) is 0. The van der Waals surface area contributed by atoms with Crippen LogP contribution in [0.1, 0.15) is 49.9 Å². The molecule has 0 atom stereocenters. The molecular weight excluding hydrogens is 504 g/mol. The molecular formula is C37H30N2S. The highest BCUT2D eigenvalue weighted by molar-refractivity contribution is 7.21. The summed E-state index contributed by atoms with van der Waals surface area (Å²) in [5, 5.41) is 1.07. The van der Waals surface area contributed by atoms with E-state index in [1.54, 1.807) is 11.3 Å². The molecule has 0 bridgehead atoms. The first-order valence-corrected chi connectivity index (χ1v) is 14.8. The second-order valence-corrected chi connectivity index (χ2v) is 13.1. The topological polar surface area (TPSA) is 16.1 Å². The van der Waals surface area contributed by atoms with Gasteiger partial charge in [0.15, 0.2) is 0 Å². The van der Waals surface area contributed by atoms with E-state index in [4.69, 9.17) is 4.98 Å². The second-order valence-electron chi connectivity index (χ2n) is 12.1. The van der Waals surface area contributed by atoms with E-state index in [0.717, 1.165) is 16.1 Å². The van der Waals surface area contributed by atoms with Crippen LogP contribution in [-0.4, -0.2) is 4.98 Å². The summed E-state index contributed by atoms with van der Waals surface area (Å²) >= 11 is 1.75. The smallest absolute Gasteiger partial charge is 0.124 e. The molecule has 194 valence electrons. The molecule has 0 saturated heterocycles. The normalized spacial score (nSPS) is 15.8. The number of hydrogen-bond acceptors (Lipinski definition) is 3. The number of aromatic nitrogens is 1. The van der Waals surface area contributed by atoms with E-state index < -0.39 is 0 Å². The SMILES string of the molecule is CC1(C)c2ccccc2N2c3ccc(-c4ccc(-c5nc6ccccc6s5)cc4)cc3C(C)(C)c3cccc1c32. The van der Waals surface area contributed by atoms with Gasteiger partial charge in [0.25, 0.3) is 0 Å². The van der Waals surface area contributed by atoms with Crippen molar-refractivity contribution in [3.63, 3.8) is 0 Å². The van der Waals surface area contributed by atoms with Crippen LogP contribution in [0.3, 0.4) is 0 Å². The number of fused-ring (bicyclic) bond motifs is 5. The average molecular weight is 535 g/mol. The molecule has 0 fully saturated rings. The predicted octanol–water partition coefficient (Wildman–Crippen LogP) is 10.4. The van der Waals surface area contributed by atoms with Gasteiger partial charge in [-0.15, -0.1) is 11.3 Å². The zero-order valence-electron chi connectivity index (χ0n) is 23.2. The van der Waals surface area contributed by atoms with Gasteiger partial charge in [-0.25, -0.2) is 4.98 Å². The largest absolute Gasteiger partial charge is 0.309 e. The molecule has 0 N–H and O–H groups in total. The lowest BCUT2D eigenvalue weighted by atomic mass is 9.66. The predicted molar refractivity (Wildman–Crippen MR) is 169 cm³/mol. The van der Waals surface area contributed by atoms with Gasteiger partial charge >= 0.3 is 0 Å². The van der Waals surface area contributed by atoms with Crippen molar-refractivity contribution in [2.45, 2.75) is 38.5 Å². The monoisotopic (exact) mass is 534 g/mol. The third-order valence-corrected chi connectivity index (χ3v) is 10.2. The molecule has 3 heterocycles. The standard InChI is InChI=1S/C37H30N2S/c1-36(2)26-10-5-7-14-31(26)39-32-21-20-25(22-29(32)37(3,4)28-12-9-11-27(36)34(28)39)23-16-18-24(19-17-23)35-38-30-13-6-8-15-33(30)40-35/h5-22H,1-4H3. The van der Waals surface area contributed by atoms with Gasteiger partial charge in [-0.3, -0.25) is 0 Å². The fourth-order valence-corrected chi connectivity index (χ4v) is 7.83. The Morgan fingerprint density at radius 3 is 1.93 bits per heavy atom. The Kier molecular flexibility index (Phi) is 4.82. The molecule has 0 spiro atoms. The summed E-state index contributed by atoms with van der Waals surface area (Å²) in [5.41, 5.74) is 14.0. The lowest BCUT2D eigenvalue weighted by Crippen LogP contribution is -2.38. The Balaban J connectivity index is 1.26. The minimum atomic E-state index is -0.128. The van der Waals surface area contributed by atoms with E-state index in [-0.39, 0.29) is 10.8 Å². The van der Waals surface area contributed by atoms with Gasteiger partial charge in [0.05, 0.1) is 27.3 Å². The summed E-state index contributed by atoms with van der Waals surface area (Å²) in [6, 6.07) is 40.1. The van der Waals surface area contributed by atoms with E-state index >= 15 is 0 Å². The van der Waals surface area contributed by atoms with Crippen molar-refractivity contribution in [3.05, 3.63) is 131 Å².